The minimum Gasteiger partial charge on any atom is -0.398 e. The zero-order chi connectivity index (χ0) is 12.5. The first-order chi connectivity index (χ1) is 8.74. The largest absolute Gasteiger partial charge is 0.398 e. The zero-order valence-electron chi connectivity index (χ0n) is 10.4. The average Bonchev–Trinajstić information content (AvgIpc) is 2.39. The van der Waals surface area contributed by atoms with Crippen molar-refractivity contribution in [2.45, 2.75) is 19.9 Å². The van der Waals surface area contributed by atoms with Gasteiger partial charge in [-0.25, -0.2) is 9.97 Å². The highest BCUT2D eigenvalue weighted by atomic mass is 15.2. The number of nitrogens with two attached hydrogens (primary N) is 1. The summed E-state index contributed by atoms with van der Waals surface area (Å²) in [5.74, 6) is 0.808. The van der Waals surface area contributed by atoms with Crippen LogP contribution in [0.4, 0.5) is 11.6 Å². The number of nitrogens with zero attached hydrogens (tertiary/aromatic N) is 3. The van der Waals surface area contributed by atoms with Crippen LogP contribution in [-0.2, 0) is 13.0 Å². The SMILES string of the molecule is Cc1ccnc(N2CCc3c(N)cccc3C2)n1. The first kappa shape index (κ1) is 11.0. The van der Waals surface area contributed by atoms with Gasteiger partial charge in [-0.15, -0.1) is 0 Å². The van der Waals surface area contributed by atoms with Crippen molar-refractivity contribution in [3.05, 3.63) is 47.3 Å². The fraction of sp³-hybridized carbons (Fsp3) is 0.286. The number of rotatable bonds is 1. The van der Waals surface area contributed by atoms with Crippen LogP contribution in [0.25, 0.3) is 0 Å². The molecule has 0 unspecified atom stereocenters. The zero-order valence-corrected chi connectivity index (χ0v) is 10.4. The first-order valence-corrected chi connectivity index (χ1v) is 6.15. The molecule has 0 saturated heterocycles. The van der Waals surface area contributed by atoms with Crippen molar-refractivity contribution in [2.24, 2.45) is 0 Å². The standard InChI is InChI=1S/C14H16N4/c1-10-5-7-16-14(17-10)18-8-6-12-11(9-18)3-2-4-13(12)15/h2-5,7H,6,8-9,15H2,1H3. The van der Waals surface area contributed by atoms with E-state index in [1.807, 2.05) is 31.3 Å². The molecule has 1 aromatic heterocycles. The van der Waals surface area contributed by atoms with Crippen molar-refractivity contribution < 1.29 is 0 Å². The summed E-state index contributed by atoms with van der Waals surface area (Å²) in [7, 11) is 0. The summed E-state index contributed by atoms with van der Waals surface area (Å²) in [6, 6.07) is 8.03. The van der Waals surface area contributed by atoms with E-state index in [-0.39, 0.29) is 0 Å². The number of nitrogen functional groups attached to an aromatic ring is 1. The molecule has 0 amide bonds. The predicted octanol–water partition coefficient (Wildman–Crippen LogP) is 1.93. The molecule has 0 atom stereocenters. The Kier molecular flexibility index (Phi) is 2.63. The van der Waals surface area contributed by atoms with Gasteiger partial charge in [0.25, 0.3) is 0 Å². The summed E-state index contributed by atoms with van der Waals surface area (Å²) in [5.41, 5.74) is 10.5. The summed E-state index contributed by atoms with van der Waals surface area (Å²) in [6.07, 6.45) is 2.77. The molecular weight excluding hydrogens is 224 g/mol. The molecule has 0 radical (unpaired) electrons. The molecule has 2 aromatic rings. The summed E-state index contributed by atoms with van der Waals surface area (Å²) < 4.78 is 0. The van der Waals surface area contributed by atoms with Gasteiger partial charge in [-0.3, -0.25) is 0 Å². The molecule has 0 bridgehead atoms. The number of aromatic nitrogens is 2. The third-order valence-electron chi connectivity index (χ3n) is 3.37. The highest BCUT2D eigenvalue weighted by Gasteiger charge is 2.19. The topological polar surface area (TPSA) is 55.0 Å². The molecule has 0 fully saturated rings. The van der Waals surface area contributed by atoms with Crippen molar-refractivity contribution in [3.8, 4) is 0 Å². The van der Waals surface area contributed by atoms with E-state index in [0.717, 1.165) is 36.8 Å². The third-order valence-corrected chi connectivity index (χ3v) is 3.37. The maximum absolute atomic E-state index is 6.00. The maximum Gasteiger partial charge on any atom is 0.225 e. The molecule has 2 N–H and O–H groups in total. The van der Waals surface area contributed by atoms with E-state index in [2.05, 4.69) is 20.9 Å². The molecular formula is C14H16N4. The average molecular weight is 240 g/mol. The summed E-state index contributed by atoms with van der Waals surface area (Å²) in [6.45, 7) is 3.75. The Bertz CT molecular complexity index is 580. The van der Waals surface area contributed by atoms with Crippen molar-refractivity contribution in [2.75, 3.05) is 17.2 Å². The lowest BCUT2D eigenvalue weighted by molar-refractivity contribution is 0.707. The highest BCUT2D eigenvalue weighted by molar-refractivity contribution is 5.54. The van der Waals surface area contributed by atoms with Crippen LogP contribution in [0, 0.1) is 6.92 Å². The number of aryl methyl sites for hydroxylation is 1. The summed E-state index contributed by atoms with van der Waals surface area (Å²) >= 11 is 0. The molecule has 1 aliphatic rings. The highest BCUT2D eigenvalue weighted by Crippen LogP contribution is 2.25. The second kappa shape index (κ2) is 4.29. The Hall–Kier alpha value is -2.10. The Balaban J connectivity index is 1.91. The summed E-state index contributed by atoms with van der Waals surface area (Å²) in [4.78, 5) is 11.0. The van der Waals surface area contributed by atoms with Crippen LogP contribution in [0.3, 0.4) is 0 Å². The van der Waals surface area contributed by atoms with E-state index in [1.165, 1.54) is 11.1 Å². The van der Waals surface area contributed by atoms with E-state index >= 15 is 0 Å². The first-order valence-electron chi connectivity index (χ1n) is 6.15. The molecule has 0 spiro atoms. The minimum atomic E-state index is 0.808. The molecule has 3 rings (SSSR count). The monoisotopic (exact) mass is 240 g/mol. The van der Waals surface area contributed by atoms with E-state index in [0.29, 0.717) is 0 Å². The Morgan fingerprint density at radius 2 is 2.17 bits per heavy atom. The Morgan fingerprint density at radius 1 is 1.28 bits per heavy atom. The molecule has 1 aromatic carbocycles. The van der Waals surface area contributed by atoms with Gasteiger partial charge in [-0.1, -0.05) is 12.1 Å². The lowest BCUT2D eigenvalue weighted by Crippen LogP contribution is -2.32. The Morgan fingerprint density at radius 3 is 3.00 bits per heavy atom. The Labute approximate surface area is 106 Å². The molecule has 2 heterocycles. The van der Waals surface area contributed by atoms with Crippen molar-refractivity contribution in [3.63, 3.8) is 0 Å². The van der Waals surface area contributed by atoms with Crippen LogP contribution < -0.4 is 10.6 Å². The van der Waals surface area contributed by atoms with E-state index in [4.69, 9.17) is 5.73 Å². The molecule has 0 aliphatic carbocycles. The number of fused-ring (bicyclic) bond motifs is 1. The fourth-order valence-corrected chi connectivity index (χ4v) is 2.40. The maximum atomic E-state index is 6.00. The lowest BCUT2D eigenvalue weighted by atomic mass is 9.98. The molecule has 4 heteroatoms. The van der Waals surface area contributed by atoms with Crippen molar-refractivity contribution >= 4 is 11.6 Å². The lowest BCUT2D eigenvalue weighted by Gasteiger charge is -2.29. The molecule has 0 saturated carbocycles. The van der Waals surface area contributed by atoms with Gasteiger partial charge in [0.2, 0.25) is 5.95 Å². The third kappa shape index (κ3) is 1.90. The van der Waals surface area contributed by atoms with E-state index in [1.54, 1.807) is 0 Å². The van der Waals surface area contributed by atoms with Crippen LogP contribution in [0.5, 0.6) is 0 Å². The fourth-order valence-electron chi connectivity index (χ4n) is 2.40. The van der Waals surface area contributed by atoms with Gasteiger partial charge in [0.1, 0.15) is 0 Å². The van der Waals surface area contributed by atoms with Crippen LogP contribution in [0.2, 0.25) is 0 Å². The van der Waals surface area contributed by atoms with Gasteiger partial charge < -0.3 is 10.6 Å². The second-order valence-corrected chi connectivity index (χ2v) is 4.65. The number of benzene rings is 1. The van der Waals surface area contributed by atoms with Gasteiger partial charge in [0, 0.05) is 30.7 Å². The van der Waals surface area contributed by atoms with Gasteiger partial charge in [-0.2, -0.15) is 0 Å². The van der Waals surface area contributed by atoms with Crippen LogP contribution in [0.1, 0.15) is 16.8 Å². The second-order valence-electron chi connectivity index (χ2n) is 4.65. The molecule has 92 valence electrons. The molecule has 4 nitrogen and oxygen atoms in total. The molecule has 18 heavy (non-hydrogen) atoms. The van der Waals surface area contributed by atoms with Crippen LogP contribution in [-0.4, -0.2) is 16.5 Å². The minimum absolute atomic E-state index is 0.808. The van der Waals surface area contributed by atoms with Gasteiger partial charge >= 0.3 is 0 Å². The predicted molar refractivity (Wildman–Crippen MR) is 72.4 cm³/mol. The number of hydrogen-bond acceptors (Lipinski definition) is 4. The summed E-state index contributed by atoms with van der Waals surface area (Å²) in [5, 5.41) is 0. The van der Waals surface area contributed by atoms with E-state index < -0.39 is 0 Å². The molecule has 1 aliphatic heterocycles. The van der Waals surface area contributed by atoms with Crippen LogP contribution in [0.15, 0.2) is 30.5 Å². The van der Waals surface area contributed by atoms with Gasteiger partial charge in [-0.05, 0) is 36.6 Å². The number of anilines is 2. The van der Waals surface area contributed by atoms with E-state index in [9.17, 15) is 0 Å². The quantitative estimate of drug-likeness (QED) is 0.774. The van der Waals surface area contributed by atoms with Crippen LogP contribution >= 0.6 is 0 Å². The van der Waals surface area contributed by atoms with Crippen molar-refractivity contribution in [1.29, 1.82) is 0 Å². The van der Waals surface area contributed by atoms with Gasteiger partial charge in [0.15, 0.2) is 0 Å². The van der Waals surface area contributed by atoms with Gasteiger partial charge in [0.05, 0.1) is 0 Å². The number of hydrogen-bond donors (Lipinski definition) is 1. The normalized spacial score (nSPS) is 14.4. The smallest absolute Gasteiger partial charge is 0.225 e. The van der Waals surface area contributed by atoms with Crippen molar-refractivity contribution in [1.82, 2.24) is 9.97 Å².